The summed E-state index contributed by atoms with van der Waals surface area (Å²) in [6, 6.07) is 1.51. The van der Waals surface area contributed by atoms with Crippen molar-refractivity contribution in [1.29, 1.82) is 0 Å². The molecule has 0 aliphatic rings. The van der Waals surface area contributed by atoms with Gasteiger partial charge in [0.15, 0.2) is 5.60 Å². The van der Waals surface area contributed by atoms with Gasteiger partial charge in [0.1, 0.15) is 5.69 Å². The number of hydrogen-bond acceptors (Lipinski definition) is 3. The molecule has 118 valence electrons. The van der Waals surface area contributed by atoms with Crippen molar-refractivity contribution < 1.29 is 36.2 Å². The van der Waals surface area contributed by atoms with Crippen LogP contribution in [0.5, 0.6) is 0 Å². The van der Waals surface area contributed by atoms with Gasteiger partial charge in [0.2, 0.25) is 0 Å². The molecule has 0 radical (unpaired) electrons. The fourth-order valence-corrected chi connectivity index (χ4v) is 1.25. The van der Waals surface area contributed by atoms with Gasteiger partial charge in [-0.25, -0.2) is 0 Å². The summed E-state index contributed by atoms with van der Waals surface area (Å²) >= 11 is 0. The number of carbonyl (C=O) groups is 1. The number of carbonyl (C=O) groups excluding carboxylic acids is 1. The number of nitrogens with zero attached hydrogens (tertiary/aromatic N) is 1. The molecule has 0 bridgehead atoms. The first-order chi connectivity index (χ1) is 9.36. The molecule has 2 N–H and O–H groups in total. The molecule has 0 saturated heterocycles. The first-order valence-electron chi connectivity index (χ1n) is 5.46. The van der Waals surface area contributed by atoms with Crippen molar-refractivity contribution >= 4 is 5.91 Å². The van der Waals surface area contributed by atoms with Gasteiger partial charge in [0.25, 0.3) is 5.91 Å². The number of pyridine rings is 1. The minimum absolute atomic E-state index is 0.385. The standard InChI is InChI=1S/C11H10F6N2O2/c1-9(21,11(15,16)17)5-19-8(20)7-6(10(12,13)14)3-2-4-18-7/h2-4,21H,5H2,1H3,(H,19,20)/t9-/m0/s1. The number of hydrogen-bond donors (Lipinski definition) is 2. The molecule has 0 fully saturated rings. The van der Waals surface area contributed by atoms with E-state index in [2.05, 4.69) is 4.98 Å². The summed E-state index contributed by atoms with van der Waals surface area (Å²) in [6.07, 6.45) is -9.03. The predicted molar refractivity (Wildman–Crippen MR) is 58.3 cm³/mol. The maximum Gasteiger partial charge on any atom is 0.418 e. The normalized spacial score (nSPS) is 15.4. The molecule has 1 rings (SSSR count). The smallest absolute Gasteiger partial charge is 0.379 e. The van der Waals surface area contributed by atoms with Crippen molar-refractivity contribution in [2.75, 3.05) is 6.54 Å². The highest BCUT2D eigenvalue weighted by Crippen LogP contribution is 2.31. The Hall–Kier alpha value is -1.84. The zero-order chi connectivity index (χ0) is 16.5. The molecule has 0 aliphatic heterocycles. The van der Waals surface area contributed by atoms with Crippen LogP contribution in [-0.2, 0) is 6.18 Å². The number of halogens is 6. The van der Waals surface area contributed by atoms with E-state index in [1.165, 1.54) is 0 Å². The lowest BCUT2D eigenvalue weighted by molar-refractivity contribution is -0.249. The lowest BCUT2D eigenvalue weighted by Gasteiger charge is -2.26. The Labute approximate surface area is 114 Å². The van der Waals surface area contributed by atoms with Gasteiger partial charge in [0.05, 0.1) is 12.1 Å². The lowest BCUT2D eigenvalue weighted by atomic mass is 10.1. The van der Waals surface area contributed by atoms with Crippen molar-refractivity contribution in [3.8, 4) is 0 Å². The largest absolute Gasteiger partial charge is 0.418 e. The average Bonchev–Trinajstić information content (AvgIpc) is 2.33. The van der Waals surface area contributed by atoms with Crippen LogP contribution in [0.25, 0.3) is 0 Å². The zero-order valence-corrected chi connectivity index (χ0v) is 10.5. The molecule has 4 nitrogen and oxygen atoms in total. The Balaban J connectivity index is 2.93. The molecule has 1 heterocycles. The Morgan fingerprint density at radius 3 is 2.33 bits per heavy atom. The summed E-state index contributed by atoms with van der Waals surface area (Å²) < 4.78 is 74.9. The zero-order valence-electron chi connectivity index (χ0n) is 10.5. The van der Waals surface area contributed by atoms with Crippen LogP contribution in [-0.4, -0.2) is 34.3 Å². The molecule has 1 aromatic rings. The fraction of sp³-hybridized carbons (Fsp3) is 0.455. The summed E-state index contributed by atoms with van der Waals surface area (Å²) in [5, 5.41) is 10.7. The Morgan fingerprint density at radius 2 is 1.86 bits per heavy atom. The van der Waals surface area contributed by atoms with Crippen molar-refractivity contribution in [2.45, 2.75) is 24.9 Å². The number of alkyl halides is 6. The number of rotatable bonds is 3. The third-order valence-corrected chi connectivity index (χ3v) is 2.53. The van der Waals surface area contributed by atoms with Crippen LogP contribution in [0.3, 0.4) is 0 Å². The van der Waals surface area contributed by atoms with E-state index in [1.807, 2.05) is 0 Å². The summed E-state index contributed by atoms with van der Waals surface area (Å²) in [7, 11) is 0. The van der Waals surface area contributed by atoms with Crippen LogP contribution in [0, 0.1) is 0 Å². The molecule has 0 aliphatic carbocycles. The van der Waals surface area contributed by atoms with E-state index in [0.717, 1.165) is 12.3 Å². The monoisotopic (exact) mass is 316 g/mol. The van der Waals surface area contributed by atoms with E-state index < -0.39 is 41.7 Å². The second-order valence-electron chi connectivity index (χ2n) is 4.35. The molecule has 0 unspecified atom stereocenters. The number of aliphatic hydroxyl groups is 1. The highest BCUT2D eigenvalue weighted by atomic mass is 19.4. The minimum Gasteiger partial charge on any atom is -0.379 e. The Kier molecular flexibility index (Phi) is 4.51. The van der Waals surface area contributed by atoms with E-state index in [1.54, 1.807) is 5.32 Å². The summed E-state index contributed by atoms with van der Waals surface area (Å²) in [5.41, 5.74) is -5.72. The first kappa shape index (κ1) is 17.2. The van der Waals surface area contributed by atoms with Crippen molar-refractivity contribution in [1.82, 2.24) is 10.3 Å². The number of nitrogens with one attached hydrogen (secondary N) is 1. The highest BCUT2D eigenvalue weighted by molar-refractivity contribution is 5.93. The number of amides is 1. The van der Waals surface area contributed by atoms with Gasteiger partial charge in [-0.1, -0.05) is 0 Å². The van der Waals surface area contributed by atoms with Gasteiger partial charge in [-0.2, -0.15) is 26.3 Å². The molecule has 1 atom stereocenters. The first-order valence-corrected chi connectivity index (χ1v) is 5.46. The van der Waals surface area contributed by atoms with Crippen LogP contribution in [0.15, 0.2) is 18.3 Å². The average molecular weight is 316 g/mol. The van der Waals surface area contributed by atoms with E-state index in [4.69, 9.17) is 5.11 Å². The lowest BCUT2D eigenvalue weighted by Crippen LogP contribution is -2.51. The SMILES string of the molecule is C[C@](O)(CNC(=O)c1ncccc1C(F)(F)F)C(F)(F)F. The number of aromatic nitrogens is 1. The molecule has 0 spiro atoms. The van der Waals surface area contributed by atoms with Gasteiger partial charge in [-0.05, 0) is 19.1 Å². The van der Waals surface area contributed by atoms with Crippen molar-refractivity contribution in [3.05, 3.63) is 29.6 Å². The van der Waals surface area contributed by atoms with E-state index >= 15 is 0 Å². The highest BCUT2D eigenvalue weighted by Gasteiger charge is 2.50. The third-order valence-electron chi connectivity index (χ3n) is 2.53. The van der Waals surface area contributed by atoms with Crippen molar-refractivity contribution in [2.24, 2.45) is 0 Å². The molecular formula is C11H10F6N2O2. The van der Waals surface area contributed by atoms with E-state index in [0.29, 0.717) is 13.0 Å². The summed E-state index contributed by atoms with van der Waals surface area (Å²) in [5.74, 6) is -1.47. The van der Waals surface area contributed by atoms with Crippen LogP contribution >= 0.6 is 0 Å². The maximum atomic E-state index is 12.6. The van der Waals surface area contributed by atoms with Gasteiger partial charge in [-0.15, -0.1) is 0 Å². The van der Waals surface area contributed by atoms with Gasteiger partial charge in [-0.3, -0.25) is 9.78 Å². The van der Waals surface area contributed by atoms with Crippen LogP contribution < -0.4 is 5.32 Å². The van der Waals surface area contributed by atoms with Crippen LogP contribution in [0.2, 0.25) is 0 Å². The summed E-state index contributed by atoms with van der Waals surface area (Å²) in [6.45, 7) is -0.917. The minimum atomic E-state index is -5.04. The topological polar surface area (TPSA) is 62.2 Å². The maximum absolute atomic E-state index is 12.6. The predicted octanol–water partition coefficient (Wildman–Crippen LogP) is 2.14. The molecule has 21 heavy (non-hydrogen) atoms. The molecule has 0 saturated carbocycles. The summed E-state index contributed by atoms with van der Waals surface area (Å²) in [4.78, 5) is 14.7. The van der Waals surface area contributed by atoms with Crippen LogP contribution in [0.4, 0.5) is 26.3 Å². The Morgan fingerprint density at radius 1 is 1.29 bits per heavy atom. The van der Waals surface area contributed by atoms with Crippen molar-refractivity contribution in [3.63, 3.8) is 0 Å². The quantitative estimate of drug-likeness (QED) is 0.840. The van der Waals surface area contributed by atoms with E-state index in [-0.39, 0.29) is 0 Å². The van der Waals surface area contributed by atoms with Gasteiger partial charge in [0, 0.05) is 6.20 Å². The fourth-order valence-electron chi connectivity index (χ4n) is 1.25. The van der Waals surface area contributed by atoms with Gasteiger partial charge >= 0.3 is 12.4 Å². The Bertz CT molecular complexity index is 524. The second-order valence-corrected chi connectivity index (χ2v) is 4.35. The van der Waals surface area contributed by atoms with E-state index in [9.17, 15) is 31.1 Å². The molecule has 1 amide bonds. The second kappa shape index (κ2) is 5.51. The molecule has 0 aromatic carbocycles. The molecule has 1 aromatic heterocycles. The molecule has 10 heteroatoms. The third kappa shape index (κ3) is 4.06. The molecular weight excluding hydrogens is 306 g/mol. The van der Waals surface area contributed by atoms with Crippen LogP contribution in [0.1, 0.15) is 23.0 Å². The van der Waals surface area contributed by atoms with Gasteiger partial charge < -0.3 is 10.4 Å².